The van der Waals surface area contributed by atoms with Crippen molar-refractivity contribution < 1.29 is 4.79 Å². The molecule has 26 heavy (non-hydrogen) atoms. The van der Waals surface area contributed by atoms with Gasteiger partial charge in [0, 0.05) is 38.1 Å². The number of piperazine rings is 1. The van der Waals surface area contributed by atoms with Crippen LogP contribution in [0.3, 0.4) is 0 Å². The molecule has 1 fully saturated rings. The summed E-state index contributed by atoms with van der Waals surface area (Å²) in [5, 5.41) is 2.71. The van der Waals surface area contributed by atoms with Gasteiger partial charge in [0.05, 0.1) is 5.51 Å². The Morgan fingerprint density at radius 2 is 2.08 bits per heavy atom. The lowest BCUT2D eigenvalue weighted by molar-refractivity contribution is 0.200. The molecule has 1 aliphatic heterocycles. The number of anilines is 3. The van der Waals surface area contributed by atoms with Gasteiger partial charge in [-0.15, -0.1) is 11.3 Å². The topological polar surface area (TPSA) is 126 Å². The minimum atomic E-state index is -0.219. The van der Waals surface area contributed by atoms with Crippen LogP contribution in [0.25, 0.3) is 10.3 Å². The average Bonchev–Trinajstić information content (AvgIpc) is 3.10. The van der Waals surface area contributed by atoms with Crippen molar-refractivity contribution in [2.24, 2.45) is 0 Å². The van der Waals surface area contributed by atoms with Crippen LogP contribution in [-0.2, 0) is 0 Å². The van der Waals surface area contributed by atoms with Crippen LogP contribution in [0.4, 0.5) is 22.5 Å². The highest BCUT2D eigenvalue weighted by Crippen LogP contribution is 2.28. The van der Waals surface area contributed by atoms with Gasteiger partial charge in [-0.1, -0.05) is 0 Å². The summed E-state index contributed by atoms with van der Waals surface area (Å²) in [5.74, 6) is 1.23. The Hall–Kier alpha value is -3.08. The van der Waals surface area contributed by atoms with Crippen molar-refractivity contribution in [3.05, 3.63) is 24.0 Å². The number of aromatic nitrogens is 5. The first-order valence-corrected chi connectivity index (χ1v) is 8.96. The number of fused-ring (bicyclic) bond motifs is 1. The second-order valence-electron chi connectivity index (χ2n) is 5.90. The molecule has 2 amide bonds. The minimum absolute atomic E-state index is 0.0467. The summed E-state index contributed by atoms with van der Waals surface area (Å²) in [6.07, 6.45) is 3.17. The van der Waals surface area contributed by atoms with E-state index in [9.17, 15) is 4.79 Å². The second-order valence-corrected chi connectivity index (χ2v) is 6.74. The maximum Gasteiger partial charge on any atom is 0.324 e. The predicted molar refractivity (Wildman–Crippen MR) is 99.1 cm³/mol. The van der Waals surface area contributed by atoms with Gasteiger partial charge in [-0.05, 0) is 13.0 Å². The normalized spacial score (nSPS) is 17.5. The third-order valence-electron chi connectivity index (χ3n) is 4.17. The first kappa shape index (κ1) is 16.4. The first-order chi connectivity index (χ1) is 12.6. The number of urea groups is 1. The Morgan fingerprint density at radius 3 is 2.85 bits per heavy atom. The van der Waals surface area contributed by atoms with E-state index in [0.29, 0.717) is 31.4 Å². The van der Waals surface area contributed by atoms with E-state index in [-0.39, 0.29) is 18.0 Å². The first-order valence-electron chi connectivity index (χ1n) is 8.08. The molecule has 0 aliphatic carbocycles. The molecular weight excluding hydrogens is 354 g/mol. The number of nitrogen functional groups attached to an aromatic ring is 1. The van der Waals surface area contributed by atoms with Crippen LogP contribution in [0.1, 0.15) is 6.92 Å². The van der Waals surface area contributed by atoms with E-state index >= 15 is 0 Å². The Balaban J connectivity index is 1.50. The second kappa shape index (κ2) is 6.67. The van der Waals surface area contributed by atoms with E-state index in [1.807, 2.05) is 6.92 Å². The third-order valence-corrected chi connectivity index (χ3v) is 4.89. The van der Waals surface area contributed by atoms with Gasteiger partial charge in [0.15, 0.2) is 10.6 Å². The van der Waals surface area contributed by atoms with Crippen LogP contribution < -0.4 is 16.0 Å². The van der Waals surface area contributed by atoms with Crippen LogP contribution in [-0.4, -0.2) is 61.5 Å². The molecule has 0 radical (unpaired) electrons. The lowest BCUT2D eigenvalue weighted by Crippen LogP contribution is -2.55. The molecule has 4 rings (SSSR count). The van der Waals surface area contributed by atoms with Crippen molar-refractivity contribution in [2.75, 3.05) is 35.6 Å². The van der Waals surface area contributed by atoms with E-state index in [1.165, 1.54) is 11.3 Å². The maximum atomic E-state index is 12.4. The van der Waals surface area contributed by atoms with E-state index in [0.717, 1.165) is 10.3 Å². The third kappa shape index (κ3) is 3.08. The number of hydrogen-bond acceptors (Lipinski definition) is 9. The Kier molecular flexibility index (Phi) is 4.21. The van der Waals surface area contributed by atoms with Gasteiger partial charge in [0.1, 0.15) is 5.52 Å². The zero-order chi connectivity index (χ0) is 18.1. The summed E-state index contributed by atoms with van der Waals surface area (Å²) in [6.45, 7) is 3.73. The molecule has 1 atom stereocenters. The summed E-state index contributed by atoms with van der Waals surface area (Å²) in [5.41, 5.74) is 8.31. The van der Waals surface area contributed by atoms with Crippen LogP contribution in [0.5, 0.6) is 0 Å². The highest BCUT2D eigenvalue weighted by Gasteiger charge is 2.29. The zero-order valence-corrected chi connectivity index (χ0v) is 14.8. The molecule has 0 spiro atoms. The number of hydrogen-bond donors (Lipinski definition) is 2. The Bertz CT molecular complexity index is 931. The highest BCUT2D eigenvalue weighted by atomic mass is 32.1. The molecule has 11 heteroatoms. The number of nitrogens with two attached hydrogens (primary N) is 1. The van der Waals surface area contributed by atoms with Crippen molar-refractivity contribution in [1.82, 2.24) is 29.8 Å². The maximum absolute atomic E-state index is 12.4. The standard InChI is InChI=1S/C15H17N9OS/c1-9-7-23(15(25)22-14-17-3-2-4-18-14)5-6-24(9)11-10-12(26-8-19-10)21-13(16)20-11/h2-4,8-9H,5-7H2,1H3,(H2,16,20,21)(H,17,18,22,25)/t9-/m0/s1. The quantitative estimate of drug-likeness (QED) is 0.688. The van der Waals surface area contributed by atoms with E-state index in [4.69, 9.17) is 5.73 Å². The van der Waals surface area contributed by atoms with Crippen molar-refractivity contribution in [3.63, 3.8) is 0 Å². The number of carbonyl (C=O) groups excluding carboxylic acids is 1. The minimum Gasteiger partial charge on any atom is -0.368 e. The molecule has 1 saturated heterocycles. The summed E-state index contributed by atoms with van der Waals surface area (Å²) in [4.78, 5) is 38.0. The van der Waals surface area contributed by atoms with Gasteiger partial charge in [0.2, 0.25) is 11.9 Å². The molecule has 3 aromatic heterocycles. The molecule has 0 unspecified atom stereocenters. The van der Waals surface area contributed by atoms with Crippen molar-refractivity contribution in [3.8, 4) is 0 Å². The Morgan fingerprint density at radius 1 is 1.27 bits per heavy atom. The van der Waals surface area contributed by atoms with E-state index < -0.39 is 0 Å². The van der Waals surface area contributed by atoms with Crippen molar-refractivity contribution >= 4 is 45.4 Å². The van der Waals surface area contributed by atoms with Gasteiger partial charge in [-0.25, -0.2) is 24.7 Å². The lowest BCUT2D eigenvalue weighted by Gasteiger charge is -2.40. The lowest BCUT2D eigenvalue weighted by atomic mass is 10.2. The van der Waals surface area contributed by atoms with Crippen LogP contribution in [0.15, 0.2) is 24.0 Å². The van der Waals surface area contributed by atoms with Gasteiger partial charge in [0.25, 0.3) is 0 Å². The fraction of sp³-hybridized carbons (Fsp3) is 0.333. The predicted octanol–water partition coefficient (Wildman–Crippen LogP) is 1.20. The highest BCUT2D eigenvalue weighted by molar-refractivity contribution is 7.16. The molecule has 3 N–H and O–H groups in total. The summed E-state index contributed by atoms with van der Waals surface area (Å²) in [6, 6.07) is 1.53. The summed E-state index contributed by atoms with van der Waals surface area (Å²) < 4.78 is 0. The van der Waals surface area contributed by atoms with Crippen LogP contribution in [0.2, 0.25) is 0 Å². The van der Waals surface area contributed by atoms with Gasteiger partial charge in [-0.2, -0.15) is 4.98 Å². The summed E-state index contributed by atoms with van der Waals surface area (Å²) in [7, 11) is 0. The fourth-order valence-corrected chi connectivity index (χ4v) is 3.62. The number of carbonyl (C=O) groups is 1. The monoisotopic (exact) mass is 371 g/mol. The molecule has 4 heterocycles. The SMILES string of the molecule is C[C@H]1CN(C(=O)Nc2ncccn2)CCN1c1nc(N)nc2scnc12. The number of thiazole rings is 1. The Labute approximate surface area is 153 Å². The van der Waals surface area contributed by atoms with Crippen LogP contribution >= 0.6 is 11.3 Å². The largest absolute Gasteiger partial charge is 0.368 e. The molecule has 134 valence electrons. The van der Waals surface area contributed by atoms with Gasteiger partial charge >= 0.3 is 6.03 Å². The van der Waals surface area contributed by atoms with Gasteiger partial charge < -0.3 is 15.5 Å². The average molecular weight is 371 g/mol. The van der Waals surface area contributed by atoms with Crippen molar-refractivity contribution in [2.45, 2.75) is 13.0 Å². The molecule has 0 saturated carbocycles. The number of nitrogens with one attached hydrogen (secondary N) is 1. The number of amides is 2. The molecule has 0 aromatic carbocycles. The van der Waals surface area contributed by atoms with E-state index in [2.05, 4.69) is 35.1 Å². The van der Waals surface area contributed by atoms with Crippen LogP contribution in [0, 0.1) is 0 Å². The van der Waals surface area contributed by atoms with Crippen molar-refractivity contribution in [1.29, 1.82) is 0 Å². The smallest absolute Gasteiger partial charge is 0.324 e. The molecule has 0 bridgehead atoms. The summed E-state index contributed by atoms with van der Waals surface area (Å²) >= 11 is 1.43. The van der Waals surface area contributed by atoms with E-state index in [1.54, 1.807) is 28.9 Å². The molecular formula is C15H17N9OS. The number of rotatable bonds is 2. The fourth-order valence-electron chi connectivity index (χ4n) is 2.96. The molecule has 10 nitrogen and oxygen atoms in total. The number of nitrogens with zero attached hydrogens (tertiary/aromatic N) is 7. The molecule has 3 aromatic rings. The van der Waals surface area contributed by atoms with Gasteiger partial charge in [-0.3, -0.25) is 5.32 Å². The molecule has 1 aliphatic rings. The zero-order valence-electron chi connectivity index (χ0n) is 14.0.